The normalized spacial score (nSPS) is 15.7. The monoisotopic (exact) mass is 727 g/mol. The van der Waals surface area contributed by atoms with Crippen LogP contribution >= 0.6 is 0 Å². The molecule has 2 aliphatic carbocycles. The lowest BCUT2D eigenvalue weighted by Gasteiger charge is -2.32. The summed E-state index contributed by atoms with van der Waals surface area (Å²) in [7, 11) is 0. The highest BCUT2D eigenvalue weighted by molar-refractivity contribution is 6.26. The first kappa shape index (κ1) is 33.3. The molecule has 2 saturated carbocycles. The fourth-order valence-corrected chi connectivity index (χ4v) is 10.3. The summed E-state index contributed by atoms with van der Waals surface area (Å²) in [6.07, 6.45) is 12.8. The topological polar surface area (TPSA) is 48.5 Å². The van der Waals surface area contributed by atoms with E-state index in [1.165, 1.54) is 108 Å². The van der Waals surface area contributed by atoms with E-state index in [0.717, 1.165) is 16.6 Å². The SMILES string of the molecule is c1ccc(-c2nc(-c3ccccc3)nc(-n3c4ccccc4c4c(C5CCCCC5)c(C5CCCCC5)c5c6ccccc6n(-c6ccccc6)c5c43)n2)cc1. The smallest absolute Gasteiger partial charge is 0.238 e. The Bertz CT molecular complexity index is 2800. The minimum atomic E-state index is 0.504. The number of benzene rings is 6. The summed E-state index contributed by atoms with van der Waals surface area (Å²) in [4.78, 5) is 16.0. The molecule has 56 heavy (non-hydrogen) atoms. The molecule has 2 aliphatic rings. The Labute approximate surface area is 327 Å². The second-order valence-corrected chi connectivity index (χ2v) is 16.0. The molecule has 0 spiro atoms. The van der Waals surface area contributed by atoms with Crippen LogP contribution in [0.2, 0.25) is 0 Å². The number of para-hydroxylation sites is 3. The Morgan fingerprint density at radius 1 is 0.393 bits per heavy atom. The maximum Gasteiger partial charge on any atom is 0.238 e. The molecule has 2 fully saturated rings. The van der Waals surface area contributed by atoms with Crippen molar-refractivity contribution in [1.82, 2.24) is 24.1 Å². The molecule has 0 aliphatic heterocycles. The number of rotatable bonds is 6. The lowest BCUT2D eigenvalue weighted by Crippen LogP contribution is -2.14. The fourth-order valence-electron chi connectivity index (χ4n) is 10.3. The molecule has 6 aromatic carbocycles. The molecule has 5 heteroatoms. The number of hydrogen-bond donors (Lipinski definition) is 0. The van der Waals surface area contributed by atoms with E-state index in [1.807, 2.05) is 12.1 Å². The van der Waals surface area contributed by atoms with Gasteiger partial charge in [-0.2, -0.15) is 9.97 Å². The van der Waals surface area contributed by atoms with E-state index in [9.17, 15) is 0 Å². The van der Waals surface area contributed by atoms with Gasteiger partial charge < -0.3 is 4.57 Å². The van der Waals surface area contributed by atoms with Gasteiger partial charge in [-0.1, -0.05) is 154 Å². The number of hydrogen-bond acceptors (Lipinski definition) is 3. The highest BCUT2D eigenvalue weighted by Crippen LogP contribution is 2.53. The van der Waals surface area contributed by atoms with Crippen molar-refractivity contribution in [2.45, 2.75) is 76.0 Å². The molecule has 0 N–H and O–H groups in total. The van der Waals surface area contributed by atoms with Crippen LogP contribution in [-0.2, 0) is 0 Å². The summed E-state index contributed by atoms with van der Waals surface area (Å²) in [5.41, 5.74) is 11.2. The van der Waals surface area contributed by atoms with E-state index < -0.39 is 0 Å². The Kier molecular flexibility index (Phi) is 8.26. The van der Waals surface area contributed by atoms with Crippen LogP contribution in [0.1, 0.15) is 87.2 Å². The van der Waals surface area contributed by atoms with Gasteiger partial charge in [-0.3, -0.25) is 4.57 Å². The molecule has 3 heterocycles. The summed E-state index contributed by atoms with van der Waals surface area (Å²) < 4.78 is 4.96. The lowest BCUT2D eigenvalue weighted by molar-refractivity contribution is 0.422. The van der Waals surface area contributed by atoms with Crippen LogP contribution in [0.3, 0.4) is 0 Å². The van der Waals surface area contributed by atoms with Crippen LogP contribution in [0, 0.1) is 0 Å². The van der Waals surface area contributed by atoms with Crippen LogP contribution in [0.15, 0.2) is 140 Å². The molecule has 0 bridgehead atoms. The first-order chi connectivity index (χ1) is 27.8. The van der Waals surface area contributed by atoms with Crippen LogP contribution in [0.4, 0.5) is 0 Å². The zero-order valence-corrected chi connectivity index (χ0v) is 31.7. The first-order valence-corrected chi connectivity index (χ1v) is 20.8. The van der Waals surface area contributed by atoms with Crippen LogP contribution in [0.5, 0.6) is 0 Å². The maximum absolute atomic E-state index is 5.42. The van der Waals surface area contributed by atoms with Gasteiger partial charge in [-0.25, -0.2) is 4.98 Å². The number of fused-ring (bicyclic) bond motifs is 7. The number of nitrogens with zero attached hydrogens (tertiary/aromatic N) is 5. The Morgan fingerprint density at radius 3 is 1.30 bits per heavy atom. The molecule has 0 atom stereocenters. The number of aromatic nitrogens is 5. The molecule has 3 aromatic heterocycles. The third kappa shape index (κ3) is 5.39. The lowest BCUT2D eigenvalue weighted by atomic mass is 9.73. The Hall–Kier alpha value is -6.07. The van der Waals surface area contributed by atoms with Crippen molar-refractivity contribution < 1.29 is 0 Å². The van der Waals surface area contributed by atoms with Gasteiger partial charge in [-0.15, -0.1) is 0 Å². The van der Waals surface area contributed by atoms with Gasteiger partial charge in [0.1, 0.15) is 0 Å². The highest BCUT2D eigenvalue weighted by Gasteiger charge is 2.34. The van der Waals surface area contributed by atoms with E-state index in [4.69, 9.17) is 15.0 Å². The molecule has 5 nitrogen and oxygen atoms in total. The van der Waals surface area contributed by atoms with E-state index in [0.29, 0.717) is 29.4 Å². The van der Waals surface area contributed by atoms with Crippen LogP contribution in [0.25, 0.3) is 78.0 Å². The molecule has 11 rings (SSSR count). The van der Waals surface area contributed by atoms with Gasteiger partial charge in [0.25, 0.3) is 0 Å². The standard InChI is InChI=1S/C51H45N5/c1-6-20-34(21-7-1)43-44(35-22-8-2-9-23-35)46-40-31-17-19-33-42(40)56(48(46)47-45(43)39-30-16-18-32-41(39)55(47)38-28-14-5-15-29-38)51-53-49(36-24-10-3-11-25-36)52-50(54-51)37-26-12-4-13-27-37/h3-5,10-19,24-35H,1-2,6-9,20-23H2. The summed E-state index contributed by atoms with van der Waals surface area (Å²) >= 11 is 0. The molecule has 0 saturated heterocycles. The quantitative estimate of drug-likeness (QED) is 0.171. The minimum absolute atomic E-state index is 0.504. The summed E-state index contributed by atoms with van der Waals surface area (Å²) in [6, 6.07) is 50.0. The van der Waals surface area contributed by atoms with Gasteiger partial charge in [0.15, 0.2) is 11.6 Å². The zero-order valence-electron chi connectivity index (χ0n) is 31.7. The van der Waals surface area contributed by atoms with Gasteiger partial charge in [0.05, 0.1) is 22.1 Å². The van der Waals surface area contributed by atoms with Crippen molar-refractivity contribution >= 4 is 43.6 Å². The zero-order chi connectivity index (χ0) is 37.0. The van der Waals surface area contributed by atoms with Gasteiger partial charge in [0.2, 0.25) is 5.95 Å². The molecular weight excluding hydrogens is 683 g/mol. The largest absolute Gasteiger partial charge is 0.307 e. The van der Waals surface area contributed by atoms with E-state index in [2.05, 4.69) is 137 Å². The van der Waals surface area contributed by atoms with E-state index in [1.54, 1.807) is 11.1 Å². The molecule has 274 valence electrons. The first-order valence-electron chi connectivity index (χ1n) is 20.8. The van der Waals surface area contributed by atoms with Gasteiger partial charge in [0, 0.05) is 38.4 Å². The second kappa shape index (κ2) is 13.9. The fraction of sp³-hybridized carbons (Fsp3) is 0.235. The molecule has 0 radical (unpaired) electrons. The van der Waals surface area contributed by atoms with Crippen molar-refractivity contribution in [1.29, 1.82) is 0 Å². The van der Waals surface area contributed by atoms with Gasteiger partial charge >= 0.3 is 0 Å². The van der Waals surface area contributed by atoms with Gasteiger partial charge in [-0.05, 0) is 72.9 Å². The van der Waals surface area contributed by atoms with Crippen molar-refractivity contribution in [2.75, 3.05) is 0 Å². The van der Waals surface area contributed by atoms with Crippen molar-refractivity contribution in [2.24, 2.45) is 0 Å². The molecule has 0 unspecified atom stereocenters. The summed E-state index contributed by atoms with van der Waals surface area (Å²) in [5, 5.41) is 5.45. The van der Waals surface area contributed by atoms with Crippen molar-refractivity contribution in [3.05, 3.63) is 151 Å². The molecule has 0 amide bonds. The van der Waals surface area contributed by atoms with Crippen molar-refractivity contribution in [3.8, 4) is 34.4 Å². The van der Waals surface area contributed by atoms with Crippen LogP contribution in [-0.4, -0.2) is 24.1 Å². The maximum atomic E-state index is 5.42. The predicted octanol–water partition coefficient (Wildman–Crippen LogP) is 13.5. The predicted molar refractivity (Wildman–Crippen MR) is 231 cm³/mol. The Morgan fingerprint density at radius 2 is 0.804 bits per heavy atom. The second-order valence-electron chi connectivity index (χ2n) is 16.0. The van der Waals surface area contributed by atoms with Crippen molar-refractivity contribution in [3.63, 3.8) is 0 Å². The summed E-state index contributed by atoms with van der Waals surface area (Å²) in [6.45, 7) is 0. The molecular formula is C51H45N5. The van der Waals surface area contributed by atoms with E-state index in [-0.39, 0.29) is 0 Å². The Balaban J connectivity index is 1.38. The average Bonchev–Trinajstić information content (AvgIpc) is 3.81. The summed E-state index contributed by atoms with van der Waals surface area (Å²) in [5.74, 6) is 3.02. The van der Waals surface area contributed by atoms with Crippen LogP contribution < -0.4 is 0 Å². The average molecular weight is 728 g/mol. The minimum Gasteiger partial charge on any atom is -0.307 e. The third-order valence-electron chi connectivity index (χ3n) is 12.7. The highest BCUT2D eigenvalue weighted by atomic mass is 15.2. The van der Waals surface area contributed by atoms with E-state index >= 15 is 0 Å². The molecule has 9 aromatic rings. The third-order valence-corrected chi connectivity index (χ3v) is 12.7.